The van der Waals surface area contributed by atoms with Crippen molar-refractivity contribution >= 4 is 27.4 Å². The first-order valence-corrected chi connectivity index (χ1v) is 14.3. The standard InChI is InChI=1S/C25H37N3O5S/c1-19-16-27(21-10-8-20(9-11-21)25(30)33-2)14-13-26(19)17-24(29)28(22-6-4-3-5-7-22)23-12-15-34(31,32)18-23/h8-11,19,22-23H,3-7,12-18H2,1-2H3. The maximum atomic E-state index is 13.6. The van der Waals surface area contributed by atoms with Crippen LogP contribution in [0.1, 0.15) is 55.8 Å². The van der Waals surface area contributed by atoms with Crippen molar-refractivity contribution in [2.75, 3.05) is 49.7 Å². The van der Waals surface area contributed by atoms with E-state index < -0.39 is 9.84 Å². The molecule has 1 aliphatic carbocycles. The van der Waals surface area contributed by atoms with Crippen LogP contribution in [0.5, 0.6) is 0 Å². The van der Waals surface area contributed by atoms with Gasteiger partial charge in [0.25, 0.3) is 0 Å². The number of anilines is 1. The summed E-state index contributed by atoms with van der Waals surface area (Å²) in [5, 5.41) is 0. The van der Waals surface area contributed by atoms with Gasteiger partial charge < -0.3 is 14.5 Å². The smallest absolute Gasteiger partial charge is 0.337 e. The number of carbonyl (C=O) groups excluding carboxylic acids is 2. The molecule has 2 atom stereocenters. The number of benzene rings is 1. The van der Waals surface area contributed by atoms with Gasteiger partial charge in [-0.2, -0.15) is 0 Å². The molecule has 0 spiro atoms. The fourth-order valence-electron chi connectivity index (χ4n) is 5.71. The van der Waals surface area contributed by atoms with E-state index in [0.29, 0.717) is 18.5 Å². The first kappa shape index (κ1) is 25.0. The summed E-state index contributed by atoms with van der Waals surface area (Å²) < 4.78 is 29.1. The number of methoxy groups -OCH3 is 1. The normalized spacial score (nSPS) is 25.8. The Balaban J connectivity index is 1.39. The van der Waals surface area contributed by atoms with Gasteiger partial charge in [-0.15, -0.1) is 0 Å². The highest BCUT2D eigenvalue weighted by Crippen LogP contribution is 2.29. The van der Waals surface area contributed by atoms with Crippen molar-refractivity contribution in [2.45, 2.75) is 63.6 Å². The molecule has 3 fully saturated rings. The van der Waals surface area contributed by atoms with Gasteiger partial charge in [0.05, 0.1) is 30.7 Å². The van der Waals surface area contributed by atoms with Crippen LogP contribution in [0.3, 0.4) is 0 Å². The van der Waals surface area contributed by atoms with E-state index in [4.69, 9.17) is 4.74 Å². The van der Waals surface area contributed by atoms with Crippen LogP contribution in [0, 0.1) is 0 Å². The first-order valence-electron chi connectivity index (χ1n) is 12.5. The predicted octanol–water partition coefficient (Wildman–Crippen LogP) is 2.33. The zero-order valence-corrected chi connectivity index (χ0v) is 21.1. The van der Waals surface area contributed by atoms with Gasteiger partial charge in [0.1, 0.15) is 0 Å². The highest BCUT2D eigenvalue weighted by Gasteiger charge is 2.39. The van der Waals surface area contributed by atoms with E-state index in [0.717, 1.165) is 51.0 Å². The Morgan fingerprint density at radius 2 is 1.74 bits per heavy atom. The van der Waals surface area contributed by atoms with Gasteiger partial charge in [-0.3, -0.25) is 9.69 Å². The Morgan fingerprint density at radius 3 is 2.32 bits per heavy atom. The Bertz CT molecular complexity index is 975. The molecular weight excluding hydrogens is 454 g/mol. The van der Waals surface area contributed by atoms with Crippen LogP contribution < -0.4 is 4.90 Å². The number of hydrogen-bond acceptors (Lipinski definition) is 7. The van der Waals surface area contributed by atoms with Gasteiger partial charge in [0.2, 0.25) is 5.91 Å². The first-order chi connectivity index (χ1) is 16.3. The summed E-state index contributed by atoms with van der Waals surface area (Å²) in [5.41, 5.74) is 1.57. The van der Waals surface area contributed by atoms with Crippen molar-refractivity contribution < 1.29 is 22.7 Å². The van der Waals surface area contributed by atoms with Crippen molar-refractivity contribution in [3.05, 3.63) is 29.8 Å². The second kappa shape index (κ2) is 10.6. The van der Waals surface area contributed by atoms with E-state index >= 15 is 0 Å². The second-order valence-corrected chi connectivity index (χ2v) is 12.2. The quantitative estimate of drug-likeness (QED) is 0.565. The summed E-state index contributed by atoms with van der Waals surface area (Å²) in [6.07, 6.45) is 5.94. The van der Waals surface area contributed by atoms with Gasteiger partial charge in [-0.1, -0.05) is 19.3 Å². The molecule has 1 saturated carbocycles. The van der Waals surface area contributed by atoms with Gasteiger partial charge in [-0.25, -0.2) is 13.2 Å². The molecule has 3 aliphatic rings. The molecule has 0 radical (unpaired) electrons. The summed E-state index contributed by atoms with van der Waals surface area (Å²) in [5.74, 6) is 0.0376. The molecule has 8 nitrogen and oxygen atoms in total. The van der Waals surface area contributed by atoms with Crippen LogP contribution in [-0.2, 0) is 19.4 Å². The predicted molar refractivity (Wildman–Crippen MR) is 132 cm³/mol. The fraction of sp³-hybridized carbons (Fsp3) is 0.680. The molecule has 188 valence electrons. The van der Waals surface area contributed by atoms with Crippen LogP contribution in [0.25, 0.3) is 0 Å². The zero-order chi connectivity index (χ0) is 24.3. The molecule has 0 aromatic heterocycles. The number of carbonyl (C=O) groups is 2. The Kier molecular flexibility index (Phi) is 7.82. The average Bonchev–Trinajstić information content (AvgIpc) is 3.19. The number of ether oxygens (including phenoxy) is 1. The molecule has 0 N–H and O–H groups in total. The van der Waals surface area contributed by atoms with Crippen molar-refractivity contribution in [2.24, 2.45) is 0 Å². The molecule has 2 saturated heterocycles. The summed E-state index contributed by atoms with van der Waals surface area (Å²) >= 11 is 0. The van der Waals surface area contributed by atoms with E-state index in [1.165, 1.54) is 13.5 Å². The third kappa shape index (κ3) is 5.74. The lowest BCUT2D eigenvalue weighted by molar-refractivity contribution is -0.138. The monoisotopic (exact) mass is 491 g/mol. The van der Waals surface area contributed by atoms with Crippen LogP contribution in [0.15, 0.2) is 24.3 Å². The molecular formula is C25H37N3O5S. The molecule has 0 bridgehead atoms. The van der Waals surface area contributed by atoms with E-state index in [1.54, 1.807) is 12.1 Å². The maximum Gasteiger partial charge on any atom is 0.337 e. The minimum Gasteiger partial charge on any atom is -0.465 e. The Morgan fingerprint density at radius 1 is 1.03 bits per heavy atom. The Hall–Kier alpha value is -2.13. The Labute approximate surface area is 203 Å². The molecule has 9 heteroatoms. The minimum atomic E-state index is -3.05. The van der Waals surface area contributed by atoms with E-state index in [2.05, 4.69) is 16.7 Å². The molecule has 4 rings (SSSR count). The van der Waals surface area contributed by atoms with E-state index in [-0.39, 0.29) is 41.5 Å². The van der Waals surface area contributed by atoms with Crippen molar-refractivity contribution in [3.8, 4) is 0 Å². The third-order valence-corrected chi connectivity index (χ3v) is 9.37. The fourth-order valence-corrected chi connectivity index (χ4v) is 7.42. The summed E-state index contributed by atoms with van der Waals surface area (Å²) in [6.45, 7) is 4.80. The lowest BCUT2D eigenvalue weighted by Gasteiger charge is -2.43. The minimum absolute atomic E-state index is 0.0803. The van der Waals surface area contributed by atoms with E-state index in [1.807, 2.05) is 17.0 Å². The van der Waals surface area contributed by atoms with Crippen molar-refractivity contribution in [3.63, 3.8) is 0 Å². The number of nitrogens with zero attached hydrogens (tertiary/aromatic N) is 3. The van der Waals surface area contributed by atoms with Gasteiger partial charge >= 0.3 is 5.97 Å². The van der Waals surface area contributed by atoms with Crippen LogP contribution in [0.2, 0.25) is 0 Å². The van der Waals surface area contributed by atoms with Crippen molar-refractivity contribution in [1.82, 2.24) is 9.80 Å². The second-order valence-electron chi connectivity index (χ2n) is 9.95. The number of sulfone groups is 1. The van der Waals surface area contributed by atoms with Gasteiger partial charge in [0, 0.05) is 43.4 Å². The number of amides is 1. The van der Waals surface area contributed by atoms with Gasteiger partial charge in [0.15, 0.2) is 9.84 Å². The maximum absolute atomic E-state index is 13.6. The van der Waals surface area contributed by atoms with Crippen LogP contribution >= 0.6 is 0 Å². The molecule has 34 heavy (non-hydrogen) atoms. The topological polar surface area (TPSA) is 87.2 Å². The molecule has 1 aromatic carbocycles. The summed E-state index contributed by atoms with van der Waals surface area (Å²) in [7, 11) is -1.67. The molecule has 1 amide bonds. The van der Waals surface area contributed by atoms with Crippen LogP contribution in [-0.4, -0.2) is 93.0 Å². The lowest BCUT2D eigenvalue weighted by atomic mass is 9.92. The third-order valence-electron chi connectivity index (χ3n) is 7.61. The van der Waals surface area contributed by atoms with Gasteiger partial charge in [-0.05, 0) is 50.5 Å². The number of hydrogen-bond donors (Lipinski definition) is 0. The average molecular weight is 492 g/mol. The molecule has 2 unspecified atom stereocenters. The number of piperazine rings is 1. The lowest BCUT2D eigenvalue weighted by Crippen LogP contribution is -2.57. The zero-order valence-electron chi connectivity index (χ0n) is 20.3. The summed E-state index contributed by atoms with van der Waals surface area (Å²) in [4.78, 5) is 31.7. The largest absolute Gasteiger partial charge is 0.465 e. The number of rotatable bonds is 6. The number of esters is 1. The molecule has 2 aliphatic heterocycles. The molecule has 2 heterocycles. The van der Waals surface area contributed by atoms with E-state index in [9.17, 15) is 18.0 Å². The highest BCUT2D eigenvalue weighted by molar-refractivity contribution is 7.91. The molecule has 1 aromatic rings. The highest BCUT2D eigenvalue weighted by atomic mass is 32.2. The SMILES string of the molecule is COC(=O)c1ccc(N2CCN(CC(=O)N(C3CCCCC3)C3CCS(=O)(=O)C3)C(C)C2)cc1. The van der Waals surface area contributed by atoms with Crippen LogP contribution in [0.4, 0.5) is 5.69 Å². The van der Waals surface area contributed by atoms with Crippen molar-refractivity contribution in [1.29, 1.82) is 0 Å². The summed E-state index contributed by atoms with van der Waals surface area (Å²) in [6, 6.07) is 7.60.